The molecule has 2 aromatic carbocycles. The summed E-state index contributed by atoms with van der Waals surface area (Å²) in [5.41, 5.74) is 4.35. The van der Waals surface area contributed by atoms with Gasteiger partial charge in [-0.15, -0.1) is 11.3 Å². The standard InChI is InChI=1S/C33H41N5O5S/c1-4-41-27-12-8-25(9-13-27)34-32(39)38(33(40)35-26-10-14-28(15-11-26)42-5-2)19-7-6-18-37-20-16-24(17-21-37)29-31-30(43-36-29)23(3)22-44-31/h8-15,22,24H,4-7,16-21H2,1-3H3,(H,34,39)(H,35,40). The van der Waals surface area contributed by atoms with E-state index in [1.165, 1.54) is 9.60 Å². The number of likely N-dealkylation sites (tertiary alicyclic amines) is 1. The lowest BCUT2D eigenvalue weighted by Crippen LogP contribution is -2.43. The highest BCUT2D eigenvalue weighted by Crippen LogP contribution is 2.36. The number of fused-ring (bicyclic) bond motifs is 1. The first-order valence-corrected chi connectivity index (χ1v) is 16.2. The number of thiophene rings is 1. The average Bonchev–Trinajstić information content (AvgIpc) is 3.62. The third-order valence-corrected chi connectivity index (χ3v) is 8.89. The number of aryl methyl sites for hydroxylation is 1. The largest absolute Gasteiger partial charge is 0.494 e. The molecule has 0 radical (unpaired) electrons. The van der Waals surface area contributed by atoms with Gasteiger partial charge in [-0.2, -0.15) is 0 Å². The van der Waals surface area contributed by atoms with Crippen molar-refractivity contribution in [2.24, 2.45) is 0 Å². The molecule has 2 N–H and O–H groups in total. The number of carbonyl (C=O) groups is 2. The van der Waals surface area contributed by atoms with Crippen LogP contribution in [0.4, 0.5) is 21.0 Å². The van der Waals surface area contributed by atoms with Gasteiger partial charge >= 0.3 is 12.1 Å². The van der Waals surface area contributed by atoms with E-state index in [0.717, 1.165) is 67.2 Å². The Labute approximate surface area is 262 Å². The van der Waals surface area contributed by atoms with Crippen LogP contribution in [0.3, 0.4) is 0 Å². The van der Waals surface area contributed by atoms with Crippen molar-refractivity contribution in [2.75, 3.05) is 50.0 Å². The zero-order chi connectivity index (χ0) is 30.9. The first-order valence-electron chi connectivity index (χ1n) is 15.4. The predicted molar refractivity (Wildman–Crippen MR) is 174 cm³/mol. The Bertz CT molecular complexity index is 1450. The molecule has 4 amide bonds. The lowest BCUT2D eigenvalue weighted by atomic mass is 9.93. The molecule has 2 aromatic heterocycles. The van der Waals surface area contributed by atoms with Crippen LogP contribution in [0.5, 0.6) is 11.5 Å². The molecule has 44 heavy (non-hydrogen) atoms. The minimum absolute atomic E-state index is 0.289. The number of hydrogen-bond acceptors (Lipinski definition) is 8. The van der Waals surface area contributed by atoms with Crippen molar-refractivity contribution >= 4 is 45.1 Å². The molecule has 1 aliphatic rings. The Morgan fingerprint density at radius 2 is 1.50 bits per heavy atom. The lowest BCUT2D eigenvalue weighted by molar-refractivity contribution is 0.193. The zero-order valence-electron chi connectivity index (χ0n) is 25.6. The minimum Gasteiger partial charge on any atom is -0.494 e. The van der Waals surface area contributed by atoms with Crippen LogP contribution in [0.2, 0.25) is 0 Å². The number of unbranched alkanes of at least 4 members (excludes halogenated alkanes) is 1. The minimum atomic E-state index is -0.485. The Kier molecular flexibility index (Phi) is 10.7. The molecule has 3 heterocycles. The van der Waals surface area contributed by atoms with E-state index in [2.05, 4.69) is 33.0 Å². The van der Waals surface area contributed by atoms with Crippen LogP contribution >= 0.6 is 11.3 Å². The van der Waals surface area contributed by atoms with Crippen molar-refractivity contribution < 1.29 is 23.6 Å². The third-order valence-electron chi connectivity index (χ3n) is 7.79. The SMILES string of the molecule is CCOc1ccc(NC(=O)N(CCCCN2CCC(c3noc4c(C)csc34)CC2)C(=O)Nc2ccc(OCC)cc2)cc1. The van der Waals surface area contributed by atoms with Crippen LogP contribution in [0, 0.1) is 6.92 Å². The molecule has 0 bridgehead atoms. The molecule has 0 spiro atoms. The van der Waals surface area contributed by atoms with E-state index in [1.807, 2.05) is 13.8 Å². The van der Waals surface area contributed by atoms with Gasteiger partial charge < -0.3 is 29.5 Å². The fourth-order valence-electron chi connectivity index (χ4n) is 5.43. The van der Waals surface area contributed by atoms with Crippen molar-refractivity contribution in [1.29, 1.82) is 0 Å². The summed E-state index contributed by atoms with van der Waals surface area (Å²) in [6.07, 6.45) is 3.64. The number of nitrogens with zero attached hydrogens (tertiary/aromatic N) is 3. The number of rotatable bonds is 12. The van der Waals surface area contributed by atoms with Gasteiger partial charge in [-0.05, 0) is 120 Å². The molecular formula is C33H41N5O5S. The molecule has 0 atom stereocenters. The fourth-order valence-corrected chi connectivity index (χ4v) is 6.47. The third kappa shape index (κ3) is 7.89. The van der Waals surface area contributed by atoms with Gasteiger partial charge in [0.1, 0.15) is 17.2 Å². The summed E-state index contributed by atoms with van der Waals surface area (Å²) in [4.78, 5) is 30.3. The Morgan fingerprint density at radius 3 is 2.05 bits per heavy atom. The number of anilines is 2. The molecule has 1 saturated heterocycles. The molecule has 0 saturated carbocycles. The first-order chi connectivity index (χ1) is 21.4. The second-order valence-corrected chi connectivity index (χ2v) is 11.8. The summed E-state index contributed by atoms with van der Waals surface area (Å²) < 4.78 is 17.8. The summed E-state index contributed by atoms with van der Waals surface area (Å²) >= 11 is 1.72. The van der Waals surface area contributed by atoms with Gasteiger partial charge in [0.05, 0.1) is 17.9 Å². The normalized spacial score (nSPS) is 14.0. The maximum atomic E-state index is 13.3. The van der Waals surface area contributed by atoms with E-state index in [1.54, 1.807) is 59.9 Å². The van der Waals surface area contributed by atoms with Gasteiger partial charge in [0.2, 0.25) is 0 Å². The van der Waals surface area contributed by atoms with Crippen molar-refractivity contribution in [3.8, 4) is 11.5 Å². The van der Waals surface area contributed by atoms with Gasteiger partial charge in [-0.1, -0.05) is 5.16 Å². The monoisotopic (exact) mass is 619 g/mol. The number of urea groups is 2. The number of imide groups is 1. The fraction of sp³-hybridized carbons (Fsp3) is 0.424. The molecule has 0 unspecified atom stereocenters. The molecule has 0 aliphatic carbocycles. The van der Waals surface area contributed by atoms with Gasteiger partial charge in [-0.25, -0.2) is 14.5 Å². The molecule has 10 nitrogen and oxygen atoms in total. The van der Waals surface area contributed by atoms with Crippen LogP contribution in [-0.2, 0) is 0 Å². The highest BCUT2D eigenvalue weighted by molar-refractivity contribution is 7.17. The van der Waals surface area contributed by atoms with E-state index in [9.17, 15) is 9.59 Å². The lowest BCUT2D eigenvalue weighted by Gasteiger charge is -2.31. The molecule has 5 rings (SSSR count). The highest BCUT2D eigenvalue weighted by atomic mass is 32.1. The van der Waals surface area contributed by atoms with Gasteiger partial charge in [-0.3, -0.25) is 0 Å². The number of benzene rings is 2. The molecule has 4 aromatic rings. The Hall–Kier alpha value is -4.09. The number of nitrogens with one attached hydrogen (secondary N) is 2. The molecule has 1 aliphatic heterocycles. The summed E-state index contributed by atoms with van der Waals surface area (Å²) in [5.74, 6) is 1.85. The molecule has 11 heteroatoms. The van der Waals surface area contributed by atoms with Crippen LogP contribution < -0.4 is 20.1 Å². The smallest absolute Gasteiger partial charge is 0.329 e. The summed E-state index contributed by atoms with van der Waals surface area (Å²) in [6.45, 7) is 10.2. The van der Waals surface area contributed by atoms with Crippen molar-refractivity contribution in [3.05, 3.63) is 65.2 Å². The van der Waals surface area contributed by atoms with Crippen molar-refractivity contribution in [3.63, 3.8) is 0 Å². The number of aromatic nitrogens is 1. The van der Waals surface area contributed by atoms with Gasteiger partial charge in [0.25, 0.3) is 0 Å². The molecular weight excluding hydrogens is 578 g/mol. The van der Waals surface area contributed by atoms with Gasteiger partial charge in [0.15, 0.2) is 5.58 Å². The maximum absolute atomic E-state index is 13.3. The van der Waals surface area contributed by atoms with Crippen LogP contribution in [0.15, 0.2) is 58.4 Å². The quantitative estimate of drug-likeness (QED) is 0.156. The average molecular weight is 620 g/mol. The number of carbonyl (C=O) groups excluding carboxylic acids is 2. The number of hydrogen-bond donors (Lipinski definition) is 2. The van der Waals surface area contributed by atoms with E-state index in [0.29, 0.717) is 36.9 Å². The Morgan fingerprint density at radius 1 is 0.932 bits per heavy atom. The topological polar surface area (TPSA) is 109 Å². The van der Waals surface area contributed by atoms with E-state index >= 15 is 0 Å². The van der Waals surface area contributed by atoms with Crippen LogP contribution in [0.25, 0.3) is 10.3 Å². The van der Waals surface area contributed by atoms with E-state index in [-0.39, 0.29) is 6.54 Å². The van der Waals surface area contributed by atoms with E-state index < -0.39 is 12.1 Å². The number of ether oxygens (including phenoxy) is 2. The zero-order valence-corrected chi connectivity index (χ0v) is 26.5. The number of amides is 4. The van der Waals surface area contributed by atoms with Crippen molar-refractivity contribution in [2.45, 2.75) is 52.4 Å². The highest BCUT2D eigenvalue weighted by Gasteiger charge is 2.26. The predicted octanol–water partition coefficient (Wildman–Crippen LogP) is 7.72. The second-order valence-electron chi connectivity index (χ2n) is 10.9. The molecule has 234 valence electrons. The van der Waals surface area contributed by atoms with Crippen molar-refractivity contribution in [1.82, 2.24) is 15.0 Å². The summed E-state index contributed by atoms with van der Waals surface area (Å²) in [6, 6.07) is 13.2. The van der Waals surface area contributed by atoms with Crippen LogP contribution in [-0.4, -0.2) is 66.4 Å². The Balaban J connectivity index is 1.14. The number of piperidine rings is 1. The first kappa shape index (κ1) is 31.3. The second kappa shape index (κ2) is 15.1. The summed E-state index contributed by atoms with van der Waals surface area (Å²) in [5, 5.41) is 12.2. The maximum Gasteiger partial charge on any atom is 0.329 e. The van der Waals surface area contributed by atoms with E-state index in [4.69, 9.17) is 14.0 Å². The molecule has 1 fully saturated rings. The van der Waals surface area contributed by atoms with Crippen LogP contribution in [0.1, 0.15) is 56.7 Å². The van der Waals surface area contributed by atoms with Gasteiger partial charge in [0, 0.05) is 29.4 Å². The summed E-state index contributed by atoms with van der Waals surface area (Å²) in [7, 11) is 0.